The number of nitrogens with one attached hydrogen (secondary N) is 1. The van der Waals surface area contributed by atoms with Gasteiger partial charge in [-0.25, -0.2) is 0 Å². The number of aryl methyl sites for hydroxylation is 1. The Bertz CT molecular complexity index is 658. The van der Waals surface area contributed by atoms with Crippen LogP contribution in [0.5, 0.6) is 0 Å². The third-order valence-electron chi connectivity index (χ3n) is 5.10. The van der Waals surface area contributed by atoms with Crippen molar-refractivity contribution < 1.29 is 4.52 Å². The minimum Gasteiger partial charge on any atom is -0.345 e. The Morgan fingerprint density at radius 2 is 2.00 bits per heavy atom. The number of aromatic nitrogens is 3. The van der Waals surface area contributed by atoms with Gasteiger partial charge in [0.05, 0.1) is 5.56 Å². The van der Waals surface area contributed by atoms with Crippen LogP contribution < -0.4 is 5.32 Å². The topological polar surface area (TPSA) is 55.9 Å². The number of hydrogen-bond acceptors (Lipinski definition) is 4. The molecule has 1 unspecified atom stereocenters. The molecule has 0 spiro atoms. The minimum absolute atomic E-state index is 0. The van der Waals surface area contributed by atoms with Crippen molar-refractivity contribution in [3.8, 4) is 11.5 Å². The van der Waals surface area contributed by atoms with Crippen molar-refractivity contribution in [2.45, 2.75) is 71.4 Å². The summed E-state index contributed by atoms with van der Waals surface area (Å²) in [5.41, 5.74) is 3.64. The molecule has 2 heterocycles. The molecular formula is C18H29ClN4O. The average Bonchev–Trinajstić information content (AvgIpc) is 3.12. The Balaban J connectivity index is 0.00000208. The van der Waals surface area contributed by atoms with Crippen LogP contribution in [0.3, 0.4) is 0 Å². The largest absolute Gasteiger partial charge is 0.345 e. The van der Waals surface area contributed by atoms with Crippen LogP contribution in [0, 0.1) is 13.8 Å². The van der Waals surface area contributed by atoms with Gasteiger partial charge < -0.3 is 14.4 Å². The molecule has 0 saturated heterocycles. The van der Waals surface area contributed by atoms with Crippen LogP contribution in [0.25, 0.3) is 11.5 Å². The summed E-state index contributed by atoms with van der Waals surface area (Å²) < 4.78 is 8.01. The summed E-state index contributed by atoms with van der Waals surface area (Å²) in [4.78, 5) is 4.60. The van der Waals surface area contributed by atoms with E-state index < -0.39 is 0 Å². The maximum Gasteiger partial charge on any atom is 0.259 e. The van der Waals surface area contributed by atoms with Gasteiger partial charge in [0, 0.05) is 29.9 Å². The van der Waals surface area contributed by atoms with E-state index in [1.54, 1.807) is 0 Å². The Morgan fingerprint density at radius 3 is 2.67 bits per heavy atom. The second-order valence-electron chi connectivity index (χ2n) is 6.86. The fourth-order valence-corrected chi connectivity index (χ4v) is 3.72. The summed E-state index contributed by atoms with van der Waals surface area (Å²) in [5.74, 6) is 1.42. The van der Waals surface area contributed by atoms with Gasteiger partial charge in [-0.05, 0) is 46.7 Å². The van der Waals surface area contributed by atoms with Crippen molar-refractivity contribution in [1.82, 2.24) is 20.0 Å². The van der Waals surface area contributed by atoms with Crippen LogP contribution in [0.15, 0.2) is 10.6 Å². The summed E-state index contributed by atoms with van der Waals surface area (Å²) in [6, 6.07) is 3.17. The van der Waals surface area contributed by atoms with Gasteiger partial charge in [-0.3, -0.25) is 0 Å². The van der Waals surface area contributed by atoms with E-state index in [0.717, 1.165) is 17.8 Å². The summed E-state index contributed by atoms with van der Waals surface area (Å²) in [5, 5.41) is 7.34. The predicted octanol–water partition coefficient (Wildman–Crippen LogP) is 4.23. The van der Waals surface area contributed by atoms with Gasteiger partial charge in [0.15, 0.2) is 5.82 Å². The molecule has 0 aromatic carbocycles. The smallest absolute Gasteiger partial charge is 0.259 e. The molecule has 0 bridgehead atoms. The summed E-state index contributed by atoms with van der Waals surface area (Å²) >= 11 is 0. The van der Waals surface area contributed by atoms with Crippen LogP contribution in [0.2, 0.25) is 0 Å². The maximum atomic E-state index is 5.53. The molecule has 3 rings (SSSR count). The Morgan fingerprint density at radius 1 is 1.29 bits per heavy atom. The number of likely N-dealkylation sites (N-methyl/N-ethyl adjacent to an activating group) is 1. The molecular weight excluding hydrogens is 324 g/mol. The van der Waals surface area contributed by atoms with Crippen molar-refractivity contribution in [1.29, 1.82) is 0 Å². The zero-order valence-corrected chi connectivity index (χ0v) is 15.9. The summed E-state index contributed by atoms with van der Waals surface area (Å²) in [7, 11) is 1.95. The minimum atomic E-state index is 0. The second-order valence-corrected chi connectivity index (χ2v) is 6.86. The van der Waals surface area contributed by atoms with E-state index in [-0.39, 0.29) is 12.4 Å². The molecule has 0 aliphatic heterocycles. The Labute approximate surface area is 150 Å². The molecule has 6 heteroatoms. The van der Waals surface area contributed by atoms with Crippen molar-refractivity contribution in [3.05, 3.63) is 23.3 Å². The number of hydrogen-bond donors (Lipinski definition) is 1. The van der Waals surface area contributed by atoms with Gasteiger partial charge in [-0.15, -0.1) is 12.4 Å². The molecule has 24 heavy (non-hydrogen) atoms. The Kier molecular flexibility index (Phi) is 6.47. The third kappa shape index (κ3) is 3.83. The highest BCUT2D eigenvalue weighted by molar-refractivity contribution is 5.85. The van der Waals surface area contributed by atoms with Gasteiger partial charge in [0.1, 0.15) is 0 Å². The van der Waals surface area contributed by atoms with Crippen molar-refractivity contribution in [2.75, 3.05) is 7.05 Å². The summed E-state index contributed by atoms with van der Waals surface area (Å²) in [6.07, 6.45) is 7.39. The lowest BCUT2D eigenvalue weighted by atomic mass is 9.95. The molecule has 1 N–H and O–H groups in total. The second kappa shape index (κ2) is 8.17. The quantitative estimate of drug-likeness (QED) is 0.874. The van der Waals surface area contributed by atoms with Gasteiger partial charge >= 0.3 is 0 Å². The average molecular weight is 353 g/mol. The SMILES string of the molecule is CNC(C)Cc1noc(-c2cc(C)n(C3CCCCC3)c2C)n1.Cl. The lowest BCUT2D eigenvalue weighted by molar-refractivity contribution is 0.345. The number of rotatable bonds is 5. The highest BCUT2D eigenvalue weighted by Crippen LogP contribution is 2.34. The molecule has 2 aromatic heterocycles. The molecule has 1 aliphatic rings. The van der Waals surface area contributed by atoms with Crippen molar-refractivity contribution in [3.63, 3.8) is 0 Å². The first-order valence-electron chi connectivity index (χ1n) is 8.78. The first kappa shape index (κ1) is 19.0. The van der Waals surface area contributed by atoms with E-state index in [0.29, 0.717) is 18.0 Å². The van der Waals surface area contributed by atoms with E-state index >= 15 is 0 Å². The van der Waals surface area contributed by atoms with Crippen LogP contribution in [-0.2, 0) is 6.42 Å². The molecule has 0 radical (unpaired) electrons. The fourth-order valence-electron chi connectivity index (χ4n) is 3.72. The van der Waals surface area contributed by atoms with Crippen LogP contribution >= 0.6 is 12.4 Å². The molecule has 1 fully saturated rings. The van der Waals surface area contributed by atoms with E-state index in [9.17, 15) is 0 Å². The van der Waals surface area contributed by atoms with Crippen molar-refractivity contribution in [2.24, 2.45) is 0 Å². The van der Waals surface area contributed by atoms with E-state index in [4.69, 9.17) is 4.52 Å². The normalized spacial score (nSPS) is 16.8. The monoisotopic (exact) mass is 352 g/mol. The Hall–Kier alpha value is -1.33. The molecule has 1 saturated carbocycles. The molecule has 0 amide bonds. The van der Waals surface area contributed by atoms with Gasteiger partial charge in [-0.1, -0.05) is 24.4 Å². The maximum absolute atomic E-state index is 5.53. The molecule has 1 atom stereocenters. The first-order chi connectivity index (χ1) is 11.1. The van der Waals surface area contributed by atoms with Crippen LogP contribution in [-0.4, -0.2) is 27.8 Å². The van der Waals surface area contributed by atoms with Gasteiger partial charge in [0.2, 0.25) is 0 Å². The van der Waals surface area contributed by atoms with E-state index in [2.05, 4.69) is 46.9 Å². The molecule has 1 aliphatic carbocycles. The lowest BCUT2D eigenvalue weighted by Gasteiger charge is -2.26. The highest BCUT2D eigenvalue weighted by atomic mass is 35.5. The van der Waals surface area contributed by atoms with Crippen molar-refractivity contribution >= 4 is 12.4 Å². The van der Waals surface area contributed by atoms with Gasteiger partial charge in [-0.2, -0.15) is 4.98 Å². The summed E-state index contributed by atoms with van der Waals surface area (Å²) in [6.45, 7) is 6.48. The third-order valence-corrected chi connectivity index (χ3v) is 5.10. The molecule has 134 valence electrons. The lowest BCUT2D eigenvalue weighted by Crippen LogP contribution is -2.24. The predicted molar refractivity (Wildman–Crippen MR) is 98.8 cm³/mol. The molecule has 2 aromatic rings. The fraction of sp³-hybridized carbons (Fsp3) is 0.667. The zero-order valence-electron chi connectivity index (χ0n) is 15.1. The number of nitrogens with zero attached hydrogens (tertiary/aromatic N) is 3. The van der Waals surface area contributed by atoms with Gasteiger partial charge in [0.25, 0.3) is 5.89 Å². The standard InChI is InChI=1S/C18H28N4O.ClH/c1-12(19-4)10-17-20-18(23-21-17)16-11-13(2)22(14(16)3)15-8-6-5-7-9-15;/h11-12,15,19H,5-10H2,1-4H3;1H. The van der Waals surface area contributed by atoms with E-state index in [1.165, 1.54) is 43.5 Å². The zero-order chi connectivity index (χ0) is 16.4. The van der Waals surface area contributed by atoms with E-state index in [1.807, 2.05) is 7.05 Å². The molecule has 5 nitrogen and oxygen atoms in total. The highest BCUT2D eigenvalue weighted by Gasteiger charge is 2.23. The van der Waals surface area contributed by atoms with Crippen LogP contribution in [0.4, 0.5) is 0 Å². The van der Waals surface area contributed by atoms with Crippen LogP contribution in [0.1, 0.15) is 62.3 Å². The first-order valence-corrected chi connectivity index (χ1v) is 8.78. The number of halogens is 1.